The highest BCUT2D eigenvalue weighted by Gasteiger charge is 2.31. The molecular formula is C18H15ClN2O2. The van der Waals surface area contributed by atoms with Crippen LogP contribution in [0.1, 0.15) is 24.1 Å². The molecule has 0 bridgehead atoms. The monoisotopic (exact) mass is 326 g/mol. The summed E-state index contributed by atoms with van der Waals surface area (Å²) in [6, 6.07) is 15.6. The van der Waals surface area contributed by atoms with Crippen LogP contribution in [-0.2, 0) is 4.79 Å². The summed E-state index contributed by atoms with van der Waals surface area (Å²) in [5, 5.41) is 6.17. The van der Waals surface area contributed by atoms with Gasteiger partial charge in [0.05, 0.1) is 11.7 Å². The molecule has 0 fully saturated rings. The number of hydrogen-bond donors (Lipinski definition) is 2. The number of hydrogen-bond acceptors (Lipinski definition) is 2. The lowest BCUT2D eigenvalue weighted by Crippen LogP contribution is -2.44. The van der Waals surface area contributed by atoms with Crippen LogP contribution in [0.3, 0.4) is 0 Å². The van der Waals surface area contributed by atoms with E-state index in [0.29, 0.717) is 16.3 Å². The molecule has 116 valence electrons. The van der Waals surface area contributed by atoms with Gasteiger partial charge in [0.1, 0.15) is 0 Å². The Morgan fingerprint density at radius 2 is 1.70 bits per heavy atom. The second kappa shape index (κ2) is 6.26. The third kappa shape index (κ3) is 3.12. The van der Waals surface area contributed by atoms with E-state index in [1.807, 2.05) is 42.5 Å². The van der Waals surface area contributed by atoms with Crippen molar-refractivity contribution in [1.82, 2.24) is 10.6 Å². The van der Waals surface area contributed by atoms with Crippen LogP contribution in [0.5, 0.6) is 0 Å². The number of urea groups is 1. The molecule has 1 aliphatic heterocycles. The molecule has 23 heavy (non-hydrogen) atoms. The topological polar surface area (TPSA) is 58.2 Å². The zero-order valence-corrected chi connectivity index (χ0v) is 13.2. The summed E-state index contributed by atoms with van der Waals surface area (Å²) < 4.78 is 0. The van der Waals surface area contributed by atoms with Crippen LogP contribution in [0.25, 0.3) is 5.70 Å². The third-order valence-corrected chi connectivity index (χ3v) is 3.97. The fourth-order valence-electron chi connectivity index (χ4n) is 2.68. The molecule has 2 aromatic rings. The van der Waals surface area contributed by atoms with Gasteiger partial charge < -0.3 is 10.6 Å². The normalized spacial score (nSPS) is 17.5. The van der Waals surface area contributed by atoms with Crippen molar-refractivity contribution in [2.75, 3.05) is 0 Å². The third-order valence-electron chi connectivity index (χ3n) is 3.72. The number of ketones is 1. The first-order valence-electron chi connectivity index (χ1n) is 7.20. The Bertz CT molecular complexity index is 782. The van der Waals surface area contributed by atoms with Gasteiger partial charge in [0.15, 0.2) is 5.78 Å². The molecule has 3 rings (SSSR count). The quantitative estimate of drug-likeness (QED) is 0.903. The minimum Gasteiger partial charge on any atom is -0.327 e. The lowest BCUT2D eigenvalue weighted by atomic mass is 9.90. The van der Waals surface area contributed by atoms with Gasteiger partial charge in [-0.15, -0.1) is 0 Å². The molecule has 1 aliphatic rings. The number of rotatable bonds is 3. The van der Waals surface area contributed by atoms with E-state index in [1.165, 1.54) is 6.92 Å². The highest BCUT2D eigenvalue weighted by Crippen LogP contribution is 2.31. The van der Waals surface area contributed by atoms with Gasteiger partial charge in [-0.25, -0.2) is 4.79 Å². The predicted molar refractivity (Wildman–Crippen MR) is 89.9 cm³/mol. The highest BCUT2D eigenvalue weighted by molar-refractivity contribution is 6.30. The molecule has 2 aromatic carbocycles. The van der Waals surface area contributed by atoms with Gasteiger partial charge in [-0.3, -0.25) is 4.79 Å². The Balaban J connectivity index is 2.16. The summed E-state index contributed by atoms with van der Waals surface area (Å²) in [7, 11) is 0. The average Bonchev–Trinajstić information content (AvgIpc) is 2.55. The maximum absolute atomic E-state index is 12.3. The van der Waals surface area contributed by atoms with Gasteiger partial charge in [0, 0.05) is 10.6 Å². The lowest BCUT2D eigenvalue weighted by Gasteiger charge is -2.29. The van der Waals surface area contributed by atoms with E-state index in [4.69, 9.17) is 11.6 Å². The van der Waals surface area contributed by atoms with E-state index in [9.17, 15) is 9.59 Å². The second-order valence-electron chi connectivity index (χ2n) is 5.29. The van der Waals surface area contributed by atoms with Gasteiger partial charge in [-0.05, 0) is 30.2 Å². The van der Waals surface area contributed by atoms with E-state index in [-0.39, 0.29) is 11.8 Å². The van der Waals surface area contributed by atoms with E-state index in [2.05, 4.69) is 10.6 Å². The van der Waals surface area contributed by atoms with Crippen LogP contribution >= 0.6 is 11.6 Å². The summed E-state index contributed by atoms with van der Waals surface area (Å²) in [6.07, 6.45) is 0. The first-order valence-corrected chi connectivity index (χ1v) is 7.57. The zero-order chi connectivity index (χ0) is 16.4. The van der Waals surface area contributed by atoms with Crippen LogP contribution < -0.4 is 10.6 Å². The molecule has 0 aromatic heterocycles. The molecule has 0 spiro atoms. The molecule has 5 heteroatoms. The minimum atomic E-state index is -0.506. The molecule has 0 radical (unpaired) electrons. The summed E-state index contributed by atoms with van der Waals surface area (Å²) in [5.74, 6) is -0.101. The smallest absolute Gasteiger partial charge is 0.320 e. The number of carbonyl (C=O) groups excluding carboxylic acids is 2. The van der Waals surface area contributed by atoms with E-state index < -0.39 is 6.04 Å². The van der Waals surface area contributed by atoms with Crippen LogP contribution in [0.15, 0.2) is 60.2 Å². The van der Waals surface area contributed by atoms with Crippen molar-refractivity contribution in [2.24, 2.45) is 0 Å². The predicted octanol–water partition coefficient (Wildman–Crippen LogP) is 3.69. The van der Waals surface area contributed by atoms with Crippen molar-refractivity contribution in [1.29, 1.82) is 0 Å². The van der Waals surface area contributed by atoms with Crippen molar-refractivity contribution in [3.63, 3.8) is 0 Å². The Kier molecular flexibility index (Phi) is 4.17. The molecule has 0 saturated heterocycles. The lowest BCUT2D eigenvalue weighted by molar-refractivity contribution is -0.113. The van der Waals surface area contributed by atoms with Crippen molar-refractivity contribution in [3.8, 4) is 0 Å². The fourth-order valence-corrected chi connectivity index (χ4v) is 2.81. The molecule has 0 aliphatic carbocycles. The van der Waals surface area contributed by atoms with E-state index in [0.717, 1.165) is 11.1 Å². The number of amides is 2. The van der Waals surface area contributed by atoms with Crippen molar-refractivity contribution in [3.05, 3.63) is 76.3 Å². The van der Waals surface area contributed by atoms with Gasteiger partial charge in [0.25, 0.3) is 0 Å². The molecule has 4 nitrogen and oxygen atoms in total. The van der Waals surface area contributed by atoms with E-state index >= 15 is 0 Å². The van der Waals surface area contributed by atoms with Gasteiger partial charge in [0.2, 0.25) is 0 Å². The Labute approximate surface area is 139 Å². The fraction of sp³-hybridized carbons (Fsp3) is 0.111. The number of carbonyl (C=O) groups is 2. The van der Waals surface area contributed by atoms with Crippen molar-refractivity contribution in [2.45, 2.75) is 13.0 Å². The largest absolute Gasteiger partial charge is 0.327 e. The average molecular weight is 327 g/mol. The molecule has 2 amide bonds. The first-order chi connectivity index (χ1) is 11.1. The molecule has 1 atom stereocenters. The summed E-state index contributed by atoms with van der Waals surface area (Å²) in [5.41, 5.74) is 2.68. The molecule has 2 N–H and O–H groups in total. The molecule has 0 saturated carbocycles. The van der Waals surface area contributed by atoms with Crippen LogP contribution in [0.4, 0.5) is 4.79 Å². The minimum absolute atomic E-state index is 0.101. The standard InChI is InChI=1S/C18H15ClN2O2/c1-11(22)15-16(12-5-3-2-4-6-12)20-18(23)21-17(15)13-7-9-14(19)10-8-13/h2-10,17H,1H3,(H2,20,21,23). The maximum Gasteiger partial charge on any atom is 0.320 e. The molecule has 1 unspecified atom stereocenters. The maximum atomic E-state index is 12.3. The summed E-state index contributed by atoms with van der Waals surface area (Å²) in [4.78, 5) is 24.3. The van der Waals surface area contributed by atoms with Crippen molar-refractivity contribution < 1.29 is 9.59 Å². The number of benzene rings is 2. The number of nitrogens with one attached hydrogen (secondary N) is 2. The Morgan fingerprint density at radius 3 is 2.30 bits per heavy atom. The van der Waals surface area contributed by atoms with Gasteiger partial charge in [-0.2, -0.15) is 0 Å². The summed E-state index contributed by atoms with van der Waals surface area (Å²) >= 11 is 5.92. The van der Waals surface area contributed by atoms with Crippen molar-refractivity contribution >= 4 is 29.1 Å². The van der Waals surface area contributed by atoms with Crippen LogP contribution in [0.2, 0.25) is 5.02 Å². The number of halogens is 1. The van der Waals surface area contributed by atoms with Crippen LogP contribution in [0, 0.1) is 0 Å². The SMILES string of the molecule is CC(=O)C1=C(c2ccccc2)NC(=O)NC1c1ccc(Cl)cc1. The Hall–Kier alpha value is -2.59. The van der Waals surface area contributed by atoms with Crippen LogP contribution in [-0.4, -0.2) is 11.8 Å². The first kappa shape index (κ1) is 15.3. The van der Waals surface area contributed by atoms with Gasteiger partial charge >= 0.3 is 6.03 Å². The highest BCUT2D eigenvalue weighted by atomic mass is 35.5. The Morgan fingerprint density at radius 1 is 1.04 bits per heavy atom. The number of Topliss-reactive ketones (excluding diaryl/α,β-unsaturated/α-hetero) is 1. The second-order valence-corrected chi connectivity index (χ2v) is 5.73. The summed E-state index contributed by atoms with van der Waals surface area (Å²) in [6.45, 7) is 1.50. The molecule has 1 heterocycles. The zero-order valence-electron chi connectivity index (χ0n) is 12.5. The molecular weight excluding hydrogens is 312 g/mol. The van der Waals surface area contributed by atoms with E-state index in [1.54, 1.807) is 12.1 Å². The van der Waals surface area contributed by atoms with Gasteiger partial charge in [-0.1, -0.05) is 54.1 Å².